The second-order valence-electron chi connectivity index (χ2n) is 6.87. The molecular weight excluding hydrogens is 338 g/mol. The first-order chi connectivity index (χ1) is 11.8. The van der Waals surface area contributed by atoms with E-state index in [1.165, 1.54) is 28.3 Å². The van der Waals surface area contributed by atoms with Gasteiger partial charge >= 0.3 is 0 Å². The third-order valence-electron chi connectivity index (χ3n) is 4.75. The quantitative estimate of drug-likeness (QED) is 0.837. The molecule has 25 heavy (non-hydrogen) atoms. The maximum Gasteiger partial charge on any atom is 0.281 e. The summed E-state index contributed by atoms with van der Waals surface area (Å²) in [5.74, 6) is -0.367. The lowest BCUT2D eigenvalue weighted by Gasteiger charge is -2.33. The number of hydrogen-bond donors (Lipinski definition) is 1. The van der Waals surface area contributed by atoms with Crippen LogP contribution in [0, 0.1) is 12.8 Å². The molecule has 1 aliphatic rings. The molecule has 140 valence electrons. The molecule has 1 aliphatic heterocycles. The van der Waals surface area contributed by atoms with E-state index in [0.717, 1.165) is 18.4 Å². The number of amides is 1. The van der Waals surface area contributed by atoms with Gasteiger partial charge in [-0.3, -0.25) is 4.79 Å². The summed E-state index contributed by atoms with van der Waals surface area (Å²) in [5.41, 5.74) is 2.26. The van der Waals surface area contributed by atoms with Gasteiger partial charge in [-0.1, -0.05) is 36.8 Å². The van der Waals surface area contributed by atoms with Crippen molar-refractivity contribution in [3.8, 4) is 0 Å². The van der Waals surface area contributed by atoms with Crippen LogP contribution in [0.4, 0.5) is 0 Å². The van der Waals surface area contributed by atoms with Crippen molar-refractivity contribution in [2.24, 2.45) is 5.92 Å². The van der Waals surface area contributed by atoms with Crippen molar-refractivity contribution in [3.63, 3.8) is 0 Å². The minimum Gasteiger partial charge on any atom is -0.349 e. The SMILES string of the molecule is CC[C@H](NC(=O)[C@H]1CCCN(S(=O)(=O)N(C)C)C1)c1ccc(C)cc1. The third-order valence-corrected chi connectivity index (χ3v) is 6.65. The number of hydrogen-bond acceptors (Lipinski definition) is 3. The van der Waals surface area contributed by atoms with Crippen LogP contribution in [-0.2, 0) is 15.0 Å². The molecule has 0 aliphatic carbocycles. The standard InChI is InChI=1S/C18H29N3O3S/c1-5-17(15-10-8-14(2)9-11-15)19-18(22)16-7-6-12-21(13-16)25(23,24)20(3)4/h8-11,16-17H,5-7,12-13H2,1-4H3,(H,19,22)/t16-,17-/m0/s1. The van der Waals surface area contributed by atoms with Gasteiger partial charge in [0.2, 0.25) is 5.91 Å². The molecule has 1 N–H and O–H groups in total. The Kier molecular flexibility index (Phi) is 6.59. The van der Waals surface area contributed by atoms with Gasteiger partial charge in [0.15, 0.2) is 0 Å². The molecule has 1 aromatic rings. The molecule has 1 fully saturated rings. The van der Waals surface area contributed by atoms with Crippen LogP contribution in [-0.4, -0.2) is 50.1 Å². The molecule has 1 amide bonds. The van der Waals surface area contributed by atoms with Crippen LogP contribution in [0.25, 0.3) is 0 Å². The molecule has 0 bridgehead atoms. The van der Waals surface area contributed by atoms with E-state index in [0.29, 0.717) is 13.0 Å². The van der Waals surface area contributed by atoms with Gasteiger partial charge in [0.05, 0.1) is 12.0 Å². The Balaban J connectivity index is 2.05. The average molecular weight is 368 g/mol. The first kappa shape index (κ1) is 19.9. The van der Waals surface area contributed by atoms with Crippen LogP contribution in [0.3, 0.4) is 0 Å². The number of nitrogens with one attached hydrogen (secondary N) is 1. The zero-order valence-corrected chi connectivity index (χ0v) is 16.3. The number of rotatable bonds is 6. The normalized spacial score (nSPS) is 20.4. The highest BCUT2D eigenvalue weighted by Crippen LogP contribution is 2.23. The van der Waals surface area contributed by atoms with Crippen LogP contribution >= 0.6 is 0 Å². The lowest BCUT2D eigenvalue weighted by atomic mass is 9.97. The summed E-state index contributed by atoms with van der Waals surface area (Å²) < 4.78 is 27.2. The summed E-state index contributed by atoms with van der Waals surface area (Å²) in [6, 6.07) is 8.10. The summed E-state index contributed by atoms with van der Waals surface area (Å²) in [6.07, 6.45) is 2.21. The topological polar surface area (TPSA) is 69.7 Å². The molecule has 0 spiro atoms. The molecule has 0 unspecified atom stereocenters. The fourth-order valence-corrected chi connectivity index (χ4v) is 4.30. The number of nitrogens with zero attached hydrogens (tertiary/aromatic N) is 2. The van der Waals surface area contributed by atoms with E-state index in [1.807, 2.05) is 38.1 Å². The number of piperidine rings is 1. The van der Waals surface area contributed by atoms with Gasteiger partial charge in [0.25, 0.3) is 10.2 Å². The maximum atomic E-state index is 12.7. The summed E-state index contributed by atoms with van der Waals surface area (Å²) in [7, 11) is -0.436. The van der Waals surface area contributed by atoms with Crippen molar-refractivity contribution >= 4 is 16.1 Å². The molecule has 0 aromatic heterocycles. The highest BCUT2D eigenvalue weighted by atomic mass is 32.2. The van der Waals surface area contributed by atoms with Gasteiger partial charge in [-0.25, -0.2) is 0 Å². The first-order valence-corrected chi connectivity index (χ1v) is 10.2. The molecule has 2 atom stereocenters. The molecular formula is C18H29N3O3S. The van der Waals surface area contributed by atoms with Crippen LogP contribution in [0.1, 0.15) is 43.4 Å². The van der Waals surface area contributed by atoms with Gasteiger partial charge in [-0.05, 0) is 31.7 Å². The van der Waals surface area contributed by atoms with E-state index >= 15 is 0 Å². The van der Waals surface area contributed by atoms with E-state index < -0.39 is 10.2 Å². The van der Waals surface area contributed by atoms with Crippen molar-refractivity contribution in [3.05, 3.63) is 35.4 Å². The summed E-state index contributed by atoms with van der Waals surface area (Å²) >= 11 is 0. The lowest BCUT2D eigenvalue weighted by Crippen LogP contribution is -2.49. The second-order valence-corrected chi connectivity index (χ2v) is 9.01. The predicted octanol–water partition coefficient (Wildman–Crippen LogP) is 2.08. The van der Waals surface area contributed by atoms with Gasteiger partial charge in [0.1, 0.15) is 0 Å². The van der Waals surface area contributed by atoms with Crippen molar-refractivity contribution in [1.82, 2.24) is 13.9 Å². The lowest BCUT2D eigenvalue weighted by molar-refractivity contribution is -0.126. The van der Waals surface area contributed by atoms with Crippen molar-refractivity contribution in [1.29, 1.82) is 0 Å². The minimum atomic E-state index is -3.47. The Morgan fingerprint density at radius 1 is 1.32 bits per heavy atom. The van der Waals surface area contributed by atoms with Crippen molar-refractivity contribution < 1.29 is 13.2 Å². The smallest absolute Gasteiger partial charge is 0.281 e. The highest BCUT2D eigenvalue weighted by molar-refractivity contribution is 7.86. The molecule has 0 saturated carbocycles. The van der Waals surface area contributed by atoms with E-state index in [9.17, 15) is 13.2 Å². The Morgan fingerprint density at radius 3 is 2.52 bits per heavy atom. The number of benzene rings is 1. The van der Waals surface area contributed by atoms with Crippen molar-refractivity contribution in [2.75, 3.05) is 27.2 Å². The van der Waals surface area contributed by atoms with Gasteiger partial charge in [0, 0.05) is 27.2 Å². The van der Waals surface area contributed by atoms with E-state index in [-0.39, 0.29) is 24.4 Å². The molecule has 1 heterocycles. The molecule has 6 nitrogen and oxygen atoms in total. The van der Waals surface area contributed by atoms with Crippen LogP contribution < -0.4 is 5.32 Å². The van der Waals surface area contributed by atoms with E-state index in [1.54, 1.807) is 0 Å². The Morgan fingerprint density at radius 2 is 1.96 bits per heavy atom. The fourth-order valence-electron chi connectivity index (χ4n) is 3.11. The van der Waals surface area contributed by atoms with Gasteiger partial charge in [-0.2, -0.15) is 17.0 Å². The molecule has 2 rings (SSSR count). The summed E-state index contributed by atoms with van der Waals surface area (Å²) in [4.78, 5) is 12.7. The number of carbonyl (C=O) groups is 1. The third kappa shape index (κ3) is 4.80. The van der Waals surface area contributed by atoms with Crippen LogP contribution in [0.2, 0.25) is 0 Å². The monoisotopic (exact) mass is 367 g/mol. The Bertz CT molecular complexity index is 686. The second kappa shape index (κ2) is 8.29. The molecule has 7 heteroatoms. The maximum absolute atomic E-state index is 12.7. The number of carbonyl (C=O) groups excluding carboxylic acids is 1. The van der Waals surface area contributed by atoms with E-state index in [2.05, 4.69) is 5.32 Å². The van der Waals surface area contributed by atoms with Gasteiger partial charge < -0.3 is 5.32 Å². The largest absolute Gasteiger partial charge is 0.349 e. The van der Waals surface area contributed by atoms with E-state index in [4.69, 9.17) is 0 Å². The first-order valence-electron chi connectivity index (χ1n) is 8.80. The minimum absolute atomic E-state index is 0.0473. The van der Waals surface area contributed by atoms with Crippen LogP contribution in [0.5, 0.6) is 0 Å². The molecule has 1 aromatic carbocycles. The molecule has 0 radical (unpaired) electrons. The Labute approximate surface area is 151 Å². The summed E-state index contributed by atoms with van der Waals surface area (Å²) in [6.45, 7) is 4.79. The highest BCUT2D eigenvalue weighted by Gasteiger charge is 2.34. The predicted molar refractivity (Wildman–Crippen MR) is 99.3 cm³/mol. The average Bonchev–Trinajstić information content (AvgIpc) is 2.60. The fraction of sp³-hybridized carbons (Fsp3) is 0.611. The van der Waals surface area contributed by atoms with Gasteiger partial charge in [-0.15, -0.1) is 0 Å². The van der Waals surface area contributed by atoms with Crippen molar-refractivity contribution in [2.45, 2.75) is 39.2 Å². The summed E-state index contributed by atoms with van der Waals surface area (Å²) in [5, 5.41) is 3.10. The number of aryl methyl sites for hydroxylation is 1. The zero-order valence-electron chi connectivity index (χ0n) is 15.5. The van der Waals surface area contributed by atoms with Crippen LogP contribution in [0.15, 0.2) is 24.3 Å². The molecule has 1 saturated heterocycles. The Hall–Kier alpha value is -1.44. The zero-order chi connectivity index (χ0) is 18.6.